The fourth-order valence-corrected chi connectivity index (χ4v) is 2.79. The van der Waals surface area contributed by atoms with E-state index >= 15 is 0 Å². The van der Waals surface area contributed by atoms with Crippen molar-refractivity contribution in [2.24, 2.45) is 0 Å². The number of carboxylic acid groups (broad SMARTS) is 1. The molecule has 0 aliphatic rings. The molecule has 0 bridgehead atoms. The van der Waals surface area contributed by atoms with Crippen molar-refractivity contribution >= 4 is 23.2 Å². The molecular weight excluding hydrogens is 319 g/mol. The number of carboxylic acids is 1. The molecule has 0 aliphatic carbocycles. The number of hydrogen-bond donors (Lipinski definition) is 1. The van der Waals surface area contributed by atoms with Gasteiger partial charge in [0.2, 0.25) is 5.91 Å². The second-order valence-electron chi connectivity index (χ2n) is 5.17. The fourth-order valence-electron chi connectivity index (χ4n) is 1.97. The van der Waals surface area contributed by atoms with Crippen molar-refractivity contribution < 1.29 is 19.1 Å². The van der Waals surface area contributed by atoms with Gasteiger partial charge in [0.25, 0.3) is 0 Å². The van der Waals surface area contributed by atoms with Crippen molar-refractivity contribution in [1.29, 1.82) is 0 Å². The molecule has 0 fully saturated rings. The van der Waals surface area contributed by atoms with Crippen LogP contribution in [0.15, 0.2) is 29.6 Å². The minimum Gasteiger partial charge on any atom is -0.481 e. The summed E-state index contributed by atoms with van der Waals surface area (Å²) >= 11 is 1.45. The summed E-state index contributed by atoms with van der Waals surface area (Å²) in [6.45, 7) is 0.181. The Bertz CT molecular complexity index is 685. The van der Waals surface area contributed by atoms with Gasteiger partial charge in [-0.25, -0.2) is 9.37 Å². The number of nitrogens with zero attached hydrogens (tertiary/aromatic N) is 2. The van der Waals surface area contributed by atoms with Crippen LogP contribution in [-0.2, 0) is 22.4 Å². The van der Waals surface area contributed by atoms with Crippen LogP contribution >= 0.6 is 11.3 Å². The zero-order valence-electron chi connectivity index (χ0n) is 12.7. The second-order valence-corrected chi connectivity index (χ2v) is 6.11. The molecular formula is C16H17FN2O3S. The molecule has 2 aromatic rings. The number of amides is 1. The van der Waals surface area contributed by atoms with Crippen molar-refractivity contribution in [2.75, 3.05) is 13.6 Å². The van der Waals surface area contributed by atoms with E-state index in [0.717, 1.165) is 10.6 Å². The van der Waals surface area contributed by atoms with E-state index in [1.807, 2.05) is 5.38 Å². The monoisotopic (exact) mass is 336 g/mol. The summed E-state index contributed by atoms with van der Waals surface area (Å²) in [4.78, 5) is 28.3. The van der Waals surface area contributed by atoms with Gasteiger partial charge in [0, 0.05) is 25.4 Å². The molecule has 0 aliphatic heterocycles. The number of halogens is 1. The number of hydrogen-bond acceptors (Lipinski definition) is 4. The van der Waals surface area contributed by atoms with Crippen molar-refractivity contribution in [1.82, 2.24) is 9.88 Å². The smallest absolute Gasteiger partial charge is 0.305 e. The van der Waals surface area contributed by atoms with E-state index < -0.39 is 5.97 Å². The minimum absolute atomic E-state index is 0.0743. The van der Waals surface area contributed by atoms with Crippen LogP contribution in [0.3, 0.4) is 0 Å². The Kier molecular flexibility index (Phi) is 5.81. The lowest BCUT2D eigenvalue weighted by Crippen LogP contribution is -2.30. The molecule has 1 heterocycles. The van der Waals surface area contributed by atoms with Crippen molar-refractivity contribution in [3.8, 4) is 0 Å². The highest BCUT2D eigenvalue weighted by Gasteiger charge is 2.13. The first-order valence-electron chi connectivity index (χ1n) is 7.07. The summed E-state index contributed by atoms with van der Waals surface area (Å²) in [6, 6.07) is 6.23. The lowest BCUT2D eigenvalue weighted by molar-refractivity contribution is -0.138. The van der Waals surface area contributed by atoms with E-state index in [2.05, 4.69) is 4.98 Å². The van der Waals surface area contributed by atoms with Gasteiger partial charge in [-0.3, -0.25) is 9.59 Å². The first kappa shape index (κ1) is 17.1. The van der Waals surface area contributed by atoms with E-state index in [1.54, 1.807) is 19.2 Å². The molecule has 23 heavy (non-hydrogen) atoms. The Balaban J connectivity index is 1.90. The lowest BCUT2D eigenvalue weighted by Gasteiger charge is -2.15. The fraction of sp³-hybridized carbons (Fsp3) is 0.312. The molecule has 1 aromatic heterocycles. The molecule has 0 unspecified atom stereocenters. The number of likely N-dealkylation sites (N-methyl/N-ethyl adjacent to an activating group) is 1. The van der Waals surface area contributed by atoms with Gasteiger partial charge in [-0.1, -0.05) is 12.1 Å². The number of thiazole rings is 1. The lowest BCUT2D eigenvalue weighted by atomic mass is 10.1. The number of aromatic nitrogens is 1. The van der Waals surface area contributed by atoms with Crippen LogP contribution in [0.4, 0.5) is 4.39 Å². The van der Waals surface area contributed by atoms with Gasteiger partial charge >= 0.3 is 5.97 Å². The SMILES string of the molecule is CN(CCC(=O)O)C(=O)Cc1csc(Cc2ccc(F)cc2)n1. The van der Waals surface area contributed by atoms with Crippen molar-refractivity contribution in [2.45, 2.75) is 19.3 Å². The largest absolute Gasteiger partial charge is 0.481 e. The summed E-state index contributed by atoms with van der Waals surface area (Å²) in [5.41, 5.74) is 1.62. The van der Waals surface area contributed by atoms with Gasteiger partial charge in [-0.15, -0.1) is 11.3 Å². The summed E-state index contributed by atoms with van der Waals surface area (Å²) in [7, 11) is 1.58. The van der Waals surface area contributed by atoms with Crippen LogP contribution in [0.25, 0.3) is 0 Å². The van der Waals surface area contributed by atoms with Gasteiger partial charge in [0.15, 0.2) is 0 Å². The first-order valence-corrected chi connectivity index (χ1v) is 7.95. The first-order chi connectivity index (χ1) is 10.9. The molecule has 2 rings (SSSR count). The number of benzene rings is 1. The maximum absolute atomic E-state index is 12.9. The van der Waals surface area contributed by atoms with Gasteiger partial charge in [-0.2, -0.15) is 0 Å². The predicted molar refractivity (Wildman–Crippen MR) is 84.9 cm³/mol. The normalized spacial score (nSPS) is 10.5. The van der Waals surface area contributed by atoms with E-state index in [1.165, 1.54) is 28.4 Å². The zero-order chi connectivity index (χ0) is 16.8. The third-order valence-electron chi connectivity index (χ3n) is 3.29. The Morgan fingerprint density at radius 2 is 2.00 bits per heavy atom. The average Bonchev–Trinajstić information content (AvgIpc) is 2.94. The molecule has 5 nitrogen and oxygen atoms in total. The molecule has 0 spiro atoms. The Morgan fingerprint density at radius 3 is 2.65 bits per heavy atom. The Labute approximate surface area is 137 Å². The molecule has 0 atom stereocenters. The van der Waals surface area contributed by atoms with Gasteiger partial charge in [0.05, 0.1) is 23.5 Å². The van der Waals surface area contributed by atoms with Crippen molar-refractivity contribution in [3.63, 3.8) is 0 Å². The summed E-state index contributed by atoms with van der Waals surface area (Å²) in [6.07, 6.45) is 0.666. The Hall–Kier alpha value is -2.28. The molecule has 0 radical (unpaired) electrons. The number of carbonyl (C=O) groups excluding carboxylic acids is 1. The Morgan fingerprint density at radius 1 is 1.30 bits per heavy atom. The van der Waals surface area contributed by atoms with Crippen LogP contribution in [0.5, 0.6) is 0 Å². The summed E-state index contributed by atoms with van der Waals surface area (Å²) in [5.74, 6) is -1.37. The van der Waals surface area contributed by atoms with Gasteiger partial charge in [-0.05, 0) is 17.7 Å². The van der Waals surface area contributed by atoms with E-state index in [4.69, 9.17) is 5.11 Å². The standard InChI is InChI=1S/C16H17FN2O3S/c1-19(7-6-16(21)22)15(20)9-13-10-23-14(18-13)8-11-2-4-12(17)5-3-11/h2-5,10H,6-9H2,1H3,(H,21,22). The maximum Gasteiger partial charge on any atom is 0.305 e. The molecule has 1 amide bonds. The number of aliphatic carboxylic acids is 1. The molecule has 1 N–H and O–H groups in total. The van der Waals surface area contributed by atoms with Crippen LogP contribution in [0.2, 0.25) is 0 Å². The number of carbonyl (C=O) groups is 2. The molecule has 0 saturated carbocycles. The molecule has 0 saturated heterocycles. The summed E-state index contributed by atoms with van der Waals surface area (Å²) in [5, 5.41) is 11.3. The second kappa shape index (κ2) is 7.82. The highest BCUT2D eigenvalue weighted by atomic mass is 32.1. The van der Waals surface area contributed by atoms with Crippen molar-refractivity contribution in [3.05, 3.63) is 51.7 Å². The highest BCUT2D eigenvalue weighted by molar-refractivity contribution is 7.09. The summed E-state index contributed by atoms with van der Waals surface area (Å²) < 4.78 is 12.9. The molecule has 7 heteroatoms. The molecule has 1 aromatic carbocycles. The van der Waals surface area contributed by atoms with Crippen LogP contribution in [0, 0.1) is 5.82 Å². The molecule has 122 valence electrons. The predicted octanol–water partition coefficient (Wildman–Crippen LogP) is 2.35. The third kappa shape index (κ3) is 5.45. The topological polar surface area (TPSA) is 70.5 Å². The average molecular weight is 336 g/mol. The quantitative estimate of drug-likeness (QED) is 0.842. The van der Waals surface area contributed by atoms with E-state index in [-0.39, 0.29) is 31.1 Å². The minimum atomic E-state index is -0.931. The highest BCUT2D eigenvalue weighted by Crippen LogP contribution is 2.16. The number of rotatable bonds is 7. The van der Waals surface area contributed by atoms with Crippen LogP contribution in [0.1, 0.15) is 22.7 Å². The van der Waals surface area contributed by atoms with Gasteiger partial charge < -0.3 is 10.0 Å². The van der Waals surface area contributed by atoms with Crippen LogP contribution < -0.4 is 0 Å². The van der Waals surface area contributed by atoms with Gasteiger partial charge in [0.1, 0.15) is 5.82 Å². The van der Waals surface area contributed by atoms with E-state index in [0.29, 0.717) is 12.1 Å². The van der Waals surface area contributed by atoms with E-state index in [9.17, 15) is 14.0 Å². The zero-order valence-corrected chi connectivity index (χ0v) is 13.5. The third-order valence-corrected chi connectivity index (χ3v) is 4.18. The maximum atomic E-state index is 12.9. The van der Waals surface area contributed by atoms with Crippen LogP contribution in [-0.4, -0.2) is 40.5 Å².